The summed E-state index contributed by atoms with van der Waals surface area (Å²) in [5.41, 5.74) is 4.37. The van der Waals surface area contributed by atoms with Crippen molar-refractivity contribution in [1.82, 2.24) is 4.98 Å². The molecule has 2 N–H and O–H groups in total. The Morgan fingerprint density at radius 3 is 2.86 bits per heavy atom. The molecule has 0 bridgehead atoms. The maximum absolute atomic E-state index is 11.3. The highest BCUT2D eigenvalue weighted by Gasteiger charge is 2.25. The number of nitrogens with one attached hydrogen (secondary N) is 2. The zero-order valence-corrected chi connectivity index (χ0v) is 12.3. The summed E-state index contributed by atoms with van der Waals surface area (Å²) < 4.78 is 0. The molecule has 0 saturated heterocycles. The van der Waals surface area contributed by atoms with Crippen LogP contribution in [0.15, 0.2) is 36.5 Å². The number of anilines is 2. The molecule has 5 nitrogen and oxygen atoms in total. The van der Waals surface area contributed by atoms with E-state index in [0.29, 0.717) is 12.2 Å². The van der Waals surface area contributed by atoms with Gasteiger partial charge in [-0.15, -0.1) is 0 Å². The number of aromatic nitrogens is 1. The van der Waals surface area contributed by atoms with Gasteiger partial charge in [0.25, 0.3) is 0 Å². The van der Waals surface area contributed by atoms with Crippen LogP contribution in [0.5, 0.6) is 0 Å². The highest BCUT2D eigenvalue weighted by molar-refractivity contribution is 5.88. The van der Waals surface area contributed by atoms with Gasteiger partial charge < -0.3 is 10.6 Å². The SMILES string of the molecule is CC(=O)Nc1ncccc1C1Cc2ccc(NC=O)cc2C1. The summed E-state index contributed by atoms with van der Waals surface area (Å²) in [6.07, 6.45) is 4.16. The summed E-state index contributed by atoms with van der Waals surface area (Å²) in [7, 11) is 0. The van der Waals surface area contributed by atoms with E-state index in [0.717, 1.165) is 24.1 Å². The van der Waals surface area contributed by atoms with Gasteiger partial charge >= 0.3 is 0 Å². The van der Waals surface area contributed by atoms with Gasteiger partial charge in [-0.3, -0.25) is 9.59 Å². The van der Waals surface area contributed by atoms with Gasteiger partial charge in [-0.25, -0.2) is 4.98 Å². The minimum Gasteiger partial charge on any atom is -0.329 e. The van der Waals surface area contributed by atoms with E-state index in [1.54, 1.807) is 6.20 Å². The van der Waals surface area contributed by atoms with Crippen molar-refractivity contribution in [3.8, 4) is 0 Å². The van der Waals surface area contributed by atoms with Crippen molar-refractivity contribution < 1.29 is 9.59 Å². The molecule has 0 fully saturated rings. The average Bonchev–Trinajstić information content (AvgIpc) is 2.90. The topological polar surface area (TPSA) is 71.1 Å². The number of hydrogen-bond acceptors (Lipinski definition) is 3. The average molecular weight is 295 g/mol. The molecule has 1 aromatic heterocycles. The quantitative estimate of drug-likeness (QED) is 0.851. The Morgan fingerprint density at radius 1 is 1.27 bits per heavy atom. The number of benzene rings is 1. The molecule has 1 aromatic carbocycles. The molecule has 2 aromatic rings. The van der Waals surface area contributed by atoms with E-state index in [1.807, 2.05) is 24.3 Å². The number of hydrogen-bond donors (Lipinski definition) is 2. The van der Waals surface area contributed by atoms with Crippen molar-refractivity contribution in [2.24, 2.45) is 0 Å². The Labute approximate surface area is 128 Å². The first-order valence-electron chi connectivity index (χ1n) is 7.22. The number of rotatable bonds is 4. The number of carbonyl (C=O) groups is 2. The molecule has 1 atom stereocenters. The van der Waals surface area contributed by atoms with E-state index in [1.165, 1.54) is 18.1 Å². The van der Waals surface area contributed by atoms with Gasteiger partial charge in [0, 0.05) is 18.8 Å². The Morgan fingerprint density at radius 2 is 2.09 bits per heavy atom. The zero-order chi connectivity index (χ0) is 15.5. The third kappa shape index (κ3) is 2.83. The lowest BCUT2D eigenvalue weighted by atomic mass is 9.96. The maximum Gasteiger partial charge on any atom is 0.222 e. The monoisotopic (exact) mass is 295 g/mol. The molecule has 1 aliphatic carbocycles. The number of fused-ring (bicyclic) bond motifs is 1. The number of carbonyl (C=O) groups excluding carboxylic acids is 2. The molecule has 1 unspecified atom stereocenters. The van der Waals surface area contributed by atoms with E-state index in [-0.39, 0.29) is 11.8 Å². The fourth-order valence-electron chi connectivity index (χ4n) is 3.01. The molecule has 0 saturated carbocycles. The van der Waals surface area contributed by atoms with Gasteiger partial charge in [-0.2, -0.15) is 0 Å². The third-order valence-corrected chi connectivity index (χ3v) is 3.94. The van der Waals surface area contributed by atoms with Crippen LogP contribution in [0.4, 0.5) is 11.5 Å². The van der Waals surface area contributed by atoms with Gasteiger partial charge in [0.2, 0.25) is 12.3 Å². The van der Waals surface area contributed by atoms with E-state index in [2.05, 4.69) is 21.7 Å². The lowest BCUT2D eigenvalue weighted by Crippen LogP contribution is -2.12. The number of nitrogens with zero attached hydrogens (tertiary/aromatic N) is 1. The second-order valence-electron chi connectivity index (χ2n) is 5.47. The Balaban J connectivity index is 1.87. The first-order chi connectivity index (χ1) is 10.7. The van der Waals surface area contributed by atoms with E-state index in [4.69, 9.17) is 0 Å². The molecule has 112 valence electrons. The molecular weight excluding hydrogens is 278 g/mol. The van der Waals surface area contributed by atoms with Crippen LogP contribution in [-0.4, -0.2) is 17.3 Å². The van der Waals surface area contributed by atoms with Gasteiger partial charge in [-0.05, 0) is 53.6 Å². The Kier molecular flexibility index (Phi) is 3.87. The molecule has 22 heavy (non-hydrogen) atoms. The smallest absolute Gasteiger partial charge is 0.222 e. The van der Waals surface area contributed by atoms with Crippen molar-refractivity contribution in [2.45, 2.75) is 25.7 Å². The summed E-state index contributed by atoms with van der Waals surface area (Å²) in [4.78, 5) is 26.2. The minimum atomic E-state index is -0.118. The van der Waals surface area contributed by atoms with Crippen LogP contribution in [0, 0.1) is 0 Å². The van der Waals surface area contributed by atoms with Crippen LogP contribution in [0.2, 0.25) is 0 Å². The lowest BCUT2D eigenvalue weighted by molar-refractivity contribution is -0.114. The largest absolute Gasteiger partial charge is 0.329 e. The van der Waals surface area contributed by atoms with Crippen molar-refractivity contribution in [3.05, 3.63) is 53.2 Å². The van der Waals surface area contributed by atoms with Crippen LogP contribution in [-0.2, 0) is 22.4 Å². The molecule has 1 heterocycles. The van der Waals surface area contributed by atoms with Crippen LogP contribution < -0.4 is 10.6 Å². The van der Waals surface area contributed by atoms with Crippen LogP contribution in [0.3, 0.4) is 0 Å². The molecule has 0 aliphatic heterocycles. The molecule has 2 amide bonds. The second kappa shape index (κ2) is 5.97. The summed E-state index contributed by atoms with van der Waals surface area (Å²) >= 11 is 0. The van der Waals surface area contributed by atoms with Crippen molar-refractivity contribution in [2.75, 3.05) is 10.6 Å². The van der Waals surface area contributed by atoms with Crippen LogP contribution in [0.25, 0.3) is 0 Å². The van der Waals surface area contributed by atoms with E-state index < -0.39 is 0 Å². The first kappa shape index (κ1) is 14.3. The van der Waals surface area contributed by atoms with E-state index >= 15 is 0 Å². The normalized spacial score (nSPS) is 16.0. The summed E-state index contributed by atoms with van der Waals surface area (Å²) in [6.45, 7) is 1.49. The van der Waals surface area contributed by atoms with E-state index in [9.17, 15) is 9.59 Å². The van der Waals surface area contributed by atoms with Gasteiger partial charge in [0.15, 0.2) is 0 Å². The molecule has 5 heteroatoms. The molecule has 3 rings (SSSR count). The van der Waals surface area contributed by atoms with Crippen LogP contribution >= 0.6 is 0 Å². The molecular formula is C17H17N3O2. The predicted molar refractivity (Wildman–Crippen MR) is 84.8 cm³/mol. The fraction of sp³-hybridized carbons (Fsp3) is 0.235. The van der Waals surface area contributed by atoms with Crippen molar-refractivity contribution in [3.63, 3.8) is 0 Å². The summed E-state index contributed by atoms with van der Waals surface area (Å²) in [6, 6.07) is 9.88. The first-order valence-corrected chi connectivity index (χ1v) is 7.22. The third-order valence-electron chi connectivity index (χ3n) is 3.94. The van der Waals surface area contributed by atoms with Crippen molar-refractivity contribution in [1.29, 1.82) is 0 Å². The van der Waals surface area contributed by atoms with Gasteiger partial charge in [-0.1, -0.05) is 12.1 Å². The second-order valence-corrected chi connectivity index (χ2v) is 5.47. The lowest BCUT2D eigenvalue weighted by Gasteiger charge is -2.14. The number of amides is 2. The Bertz CT molecular complexity index is 728. The van der Waals surface area contributed by atoms with Crippen molar-refractivity contribution >= 4 is 23.8 Å². The highest BCUT2D eigenvalue weighted by atomic mass is 16.1. The predicted octanol–water partition coefficient (Wildman–Crippen LogP) is 2.49. The zero-order valence-electron chi connectivity index (χ0n) is 12.3. The highest BCUT2D eigenvalue weighted by Crippen LogP contribution is 2.37. The molecule has 0 radical (unpaired) electrons. The fourth-order valence-corrected chi connectivity index (χ4v) is 3.01. The number of pyridine rings is 1. The Hall–Kier alpha value is -2.69. The van der Waals surface area contributed by atoms with Gasteiger partial charge in [0.1, 0.15) is 5.82 Å². The summed E-state index contributed by atoms with van der Waals surface area (Å²) in [5.74, 6) is 0.809. The maximum atomic E-state index is 11.3. The van der Waals surface area contributed by atoms with Crippen LogP contribution in [0.1, 0.15) is 29.5 Å². The molecule has 1 aliphatic rings. The minimum absolute atomic E-state index is 0.118. The van der Waals surface area contributed by atoms with Gasteiger partial charge in [0.05, 0.1) is 0 Å². The summed E-state index contributed by atoms with van der Waals surface area (Å²) in [5, 5.41) is 5.48. The molecule has 0 spiro atoms. The standard InChI is InChI=1S/C17H17N3O2/c1-11(22)20-17-16(3-2-6-18-17)14-7-12-4-5-15(19-10-21)9-13(12)8-14/h2-6,9-10,14H,7-8H2,1H3,(H,19,21)(H,18,20,22).